The monoisotopic (exact) mass is 303 g/mol. The predicted octanol–water partition coefficient (Wildman–Crippen LogP) is 2.49. The first kappa shape index (κ1) is 15.0. The Kier molecular flexibility index (Phi) is 4.92. The van der Waals surface area contributed by atoms with Gasteiger partial charge in [0.15, 0.2) is 0 Å². The molecule has 0 atom stereocenters. The highest BCUT2D eigenvalue weighted by Crippen LogP contribution is 2.22. The van der Waals surface area contributed by atoms with E-state index in [0.29, 0.717) is 22.0 Å². The van der Waals surface area contributed by atoms with E-state index < -0.39 is 0 Å². The summed E-state index contributed by atoms with van der Waals surface area (Å²) in [5, 5.41) is 5.92. The molecule has 2 aromatic rings. The third kappa shape index (κ3) is 4.05. The van der Waals surface area contributed by atoms with E-state index in [9.17, 15) is 9.59 Å². The van der Waals surface area contributed by atoms with E-state index in [1.54, 1.807) is 48.5 Å². The Labute approximate surface area is 127 Å². The first-order chi connectivity index (χ1) is 10.1. The van der Waals surface area contributed by atoms with Crippen LogP contribution in [0.3, 0.4) is 0 Å². The molecule has 2 rings (SSSR count). The summed E-state index contributed by atoms with van der Waals surface area (Å²) in [6, 6.07) is 13.4. The lowest BCUT2D eigenvalue weighted by molar-refractivity contribution is -0.114. The molecule has 0 spiro atoms. The van der Waals surface area contributed by atoms with Crippen LogP contribution in [0.2, 0.25) is 5.02 Å². The van der Waals surface area contributed by atoms with Gasteiger partial charge in [-0.3, -0.25) is 9.59 Å². The average molecular weight is 304 g/mol. The van der Waals surface area contributed by atoms with Gasteiger partial charge < -0.3 is 16.4 Å². The normalized spacial score (nSPS) is 10.0. The summed E-state index contributed by atoms with van der Waals surface area (Å²) in [6.45, 7) is -0.126. The van der Waals surface area contributed by atoms with E-state index in [1.165, 1.54) is 0 Å². The molecular weight excluding hydrogens is 290 g/mol. The molecular formula is C15H14ClN3O2. The third-order valence-corrected chi connectivity index (χ3v) is 2.99. The molecule has 108 valence electrons. The molecule has 0 saturated carbocycles. The maximum absolute atomic E-state index is 12.1. The van der Waals surface area contributed by atoms with Crippen LogP contribution in [-0.2, 0) is 4.79 Å². The number of hydrogen-bond acceptors (Lipinski definition) is 3. The highest BCUT2D eigenvalue weighted by Gasteiger charge is 2.10. The van der Waals surface area contributed by atoms with Gasteiger partial charge in [-0.05, 0) is 36.4 Å². The highest BCUT2D eigenvalue weighted by molar-refractivity contribution is 6.30. The van der Waals surface area contributed by atoms with E-state index in [1.807, 2.05) is 0 Å². The summed E-state index contributed by atoms with van der Waals surface area (Å²) in [5.74, 6) is -0.621. The van der Waals surface area contributed by atoms with Crippen molar-refractivity contribution in [3.8, 4) is 0 Å². The SMILES string of the molecule is NCC(=O)Nc1ccccc1NC(=O)c1ccc(Cl)cc1. The summed E-state index contributed by atoms with van der Waals surface area (Å²) in [5.41, 5.74) is 6.73. The molecule has 0 radical (unpaired) electrons. The first-order valence-electron chi connectivity index (χ1n) is 6.26. The molecule has 21 heavy (non-hydrogen) atoms. The molecule has 0 aromatic heterocycles. The summed E-state index contributed by atoms with van der Waals surface area (Å²) in [4.78, 5) is 23.5. The molecule has 0 aliphatic heterocycles. The molecule has 4 N–H and O–H groups in total. The molecule has 0 aliphatic carbocycles. The smallest absolute Gasteiger partial charge is 0.255 e. The number of nitrogens with one attached hydrogen (secondary N) is 2. The van der Waals surface area contributed by atoms with Gasteiger partial charge in [-0.1, -0.05) is 23.7 Å². The van der Waals surface area contributed by atoms with Gasteiger partial charge in [0.25, 0.3) is 5.91 Å². The number of hydrogen-bond donors (Lipinski definition) is 3. The van der Waals surface area contributed by atoms with Gasteiger partial charge in [0.05, 0.1) is 17.9 Å². The maximum Gasteiger partial charge on any atom is 0.255 e. The van der Waals surface area contributed by atoms with Crippen LogP contribution in [0.4, 0.5) is 11.4 Å². The van der Waals surface area contributed by atoms with Crippen LogP contribution in [-0.4, -0.2) is 18.4 Å². The summed E-state index contributed by atoms with van der Waals surface area (Å²) in [6.07, 6.45) is 0. The summed E-state index contributed by atoms with van der Waals surface area (Å²) < 4.78 is 0. The summed E-state index contributed by atoms with van der Waals surface area (Å²) in [7, 11) is 0. The van der Waals surface area contributed by atoms with E-state index in [4.69, 9.17) is 17.3 Å². The number of carbonyl (C=O) groups excluding carboxylic acids is 2. The van der Waals surface area contributed by atoms with Crippen LogP contribution in [0.5, 0.6) is 0 Å². The number of para-hydroxylation sites is 2. The van der Waals surface area contributed by atoms with Crippen molar-refractivity contribution in [3.63, 3.8) is 0 Å². The van der Waals surface area contributed by atoms with Crippen LogP contribution in [0, 0.1) is 0 Å². The highest BCUT2D eigenvalue weighted by atomic mass is 35.5. The van der Waals surface area contributed by atoms with Crippen molar-refractivity contribution >= 4 is 34.8 Å². The summed E-state index contributed by atoms with van der Waals surface area (Å²) >= 11 is 5.78. The van der Waals surface area contributed by atoms with Gasteiger partial charge in [0, 0.05) is 10.6 Å². The second kappa shape index (κ2) is 6.88. The fraction of sp³-hybridized carbons (Fsp3) is 0.0667. The number of nitrogens with two attached hydrogens (primary N) is 1. The van der Waals surface area contributed by atoms with Crippen LogP contribution in [0.15, 0.2) is 48.5 Å². The fourth-order valence-corrected chi connectivity index (χ4v) is 1.82. The maximum atomic E-state index is 12.1. The van der Waals surface area contributed by atoms with Gasteiger partial charge in [-0.25, -0.2) is 0 Å². The van der Waals surface area contributed by atoms with Crippen molar-refractivity contribution in [2.75, 3.05) is 17.2 Å². The Bertz CT molecular complexity index is 656. The molecule has 0 aliphatic rings. The Balaban J connectivity index is 2.17. The van der Waals surface area contributed by atoms with Crippen LogP contribution < -0.4 is 16.4 Å². The van der Waals surface area contributed by atoms with Gasteiger partial charge >= 0.3 is 0 Å². The van der Waals surface area contributed by atoms with Crippen molar-refractivity contribution in [1.82, 2.24) is 0 Å². The molecule has 0 bridgehead atoms. The molecule has 6 heteroatoms. The van der Waals surface area contributed by atoms with Gasteiger partial charge in [-0.2, -0.15) is 0 Å². The van der Waals surface area contributed by atoms with Gasteiger partial charge in [0.1, 0.15) is 0 Å². The standard InChI is InChI=1S/C15H14ClN3O2/c16-11-7-5-10(6-8-11)15(21)19-13-4-2-1-3-12(13)18-14(20)9-17/h1-8H,9,17H2,(H,18,20)(H,19,21). The minimum atomic E-state index is -0.330. The molecule has 0 saturated heterocycles. The Morgan fingerprint density at radius 2 is 1.52 bits per heavy atom. The van der Waals surface area contributed by atoms with E-state index in [0.717, 1.165) is 0 Å². The number of rotatable bonds is 4. The molecule has 2 aromatic carbocycles. The zero-order valence-electron chi connectivity index (χ0n) is 11.1. The van der Waals surface area contributed by atoms with Crippen molar-refractivity contribution < 1.29 is 9.59 Å². The number of amides is 2. The van der Waals surface area contributed by atoms with E-state index in [-0.39, 0.29) is 18.4 Å². The number of carbonyl (C=O) groups is 2. The van der Waals surface area contributed by atoms with Gasteiger partial charge in [-0.15, -0.1) is 0 Å². The average Bonchev–Trinajstić information content (AvgIpc) is 2.49. The van der Waals surface area contributed by atoms with E-state index in [2.05, 4.69) is 10.6 Å². The largest absolute Gasteiger partial charge is 0.323 e. The zero-order valence-corrected chi connectivity index (χ0v) is 11.9. The predicted molar refractivity (Wildman–Crippen MR) is 83.5 cm³/mol. The third-order valence-electron chi connectivity index (χ3n) is 2.74. The first-order valence-corrected chi connectivity index (χ1v) is 6.64. The van der Waals surface area contributed by atoms with Crippen LogP contribution in [0.1, 0.15) is 10.4 Å². The van der Waals surface area contributed by atoms with Crippen molar-refractivity contribution in [1.29, 1.82) is 0 Å². The molecule has 2 amide bonds. The minimum Gasteiger partial charge on any atom is -0.323 e. The quantitative estimate of drug-likeness (QED) is 0.811. The Hall–Kier alpha value is -2.37. The molecule has 0 fully saturated rings. The Morgan fingerprint density at radius 1 is 0.952 bits per heavy atom. The fourth-order valence-electron chi connectivity index (χ4n) is 1.70. The second-order valence-electron chi connectivity index (χ2n) is 4.26. The van der Waals surface area contributed by atoms with Gasteiger partial charge in [0.2, 0.25) is 5.91 Å². The van der Waals surface area contributed by atoms with E-state index >= 15 is 0 Å². The number of benzene rings is 2. The molecule has 0 unspecified atom stereocenters. The molecule has 0 heterocycles. The zero-order chi connectivity index (χ0) is 15.2. The van der Waals surface area contributed by atoms with Crippen LogP contribution in [0.25, 0.3) is 0 Å². The van der Waals surface area contributed by atoms with Crippen molar-refractivity contribution in [2.24, 2.45) is 5.73 Å². The molecule has 5 nitrogen and oxygen atoms in total. The topological polar surface area (TPSA) is 84.2 Å². The van der Waals surface area contributed by atoms with Crippen LogP contribution >= 0.6 is 11.6 Å². The number of halogens is 1. The lowest BCUT2D eigenvalue weighted by Crippen LogP contribution is -2.23. The second-order valence-corrected chi connectivity index (χ2v) is 4.70. The minimum absolute atomic E-state index is 0.126. The lowest BCUT2D eigenvalue weighted by atomic mass is 10.2. The Morgan fingerprint density at radius 3 is 2.10 bits per heavy atom. The van der Waals surface area contributed by atoms with Crippen molar-refractivity contribution in [3.05, 3.63) is 59.1 Å². The lowest BCUT2D eigenvalue weighted by Gasteiger charge is -2.11. The number of anilines is 2. The van der Waals surface area contributed by atoms with Crippen molar-refractivity contribution in [2.45, 2.75) is 0 Å².